The van der Waals surface area contributed by atoms with Gasteiger partial charge < -0.3 is 5.32 Å². The summed E-state index contributed by atoms with van der Waals surface area (Å²) in [4.78, 5) is 11.9. The van der Waals surface area contributed by atoms with E-state index in [0.29, 0.717) is 25.3 Å². The molecule has 0 aliphatic heterocycles. The summed E-state index contributed by atoms with van der Waals surface area (Å²) in [5.74, 6) is 0. The van der Waals surface area contributed by atoms with Crippen LogP contribution in [0.2, 0.25) is 5.02 Å². The Morgan fingerprint density at radius 2 is 2.26 bits per heavy atom. The van der Waals surface area contributed by atoms with E-state index in [2.05, 4.69) is 20.7 Å². The molecule has 0 aromatic carbocycles. The SMILES string of the molecule is CCCn1ncc(NCCn2ccnn2)c(Cl)c1=O. The molecule has 2 heterocycles. The molecule has 102 valence electrons. The van der Waals surface area contributed by atoms with Crippen LogP contribution in [-0.4, -0.2) is 31.3 Å². The van der Waals surface area contributed by atoms with Crippen molar-refractivity contribution in [3.05, 3.63) is 34.0 Å². The molecule has 2 aromatic rings. The molecule has 1 N–H and O–H groups in total. The maximum Gasteiger partial charge on any atom is 0.287 e. The molecule has 0 saturated carbocycles. The van der Waals surface area contributed by atoms with Crippen molar-refractivity contribution in [2.24, 2.45) is 0 Å². The smallest absolute Gasteiger partial charge is 0.287 e. The van der Waals surface area contributed by atoms with Gasteiger partial charge in [-0.25, -0.2) is 4.68 Å². The van der Waals surface area contributed by atoms with Crippen molar-refractivity contribution >= 4 is 17.3 Å². The van der Waals surface area contributed by atoms with Gasteiger partial charge in [0.15, 0.2) is 0 Å². The van der Waals surface area contributed by atoms with Crippen LogP contribution in [0.5, 0.6) is 0 Å². The van der Waals surface area contributed by atoms with Gasteiger partial charge in [-0.3, -0.25) is 9.48 Å². The highest BCUT2D eigenvalue weighted by molar-refractivity contribution is 6.32. The number of hydrogen-bond acceptors (Lipinski definition) is 5. The first-order chi connectivity index (χ1) is 9.22. The summed E-state index contributed by atoms with van der Waals surface area (Å²) in [7, 11) is 0. The number of nitrogens with zero attached hydrogens (tertiary/aromatic N) is 5. The van der Waals surface area contributed by atoms with Crippen molar-refractivity contribution in [1.82, 2.24) is 24.8 Å². The van der Waals surface area contributed by atoms with Gasteiger partial charge in [0.05, 0.1) is 24.6 Å². The maximum atomic E-state index is 11.9. The van der Waals surface area contributed by atoms with E-state index >= 15 is 0 Å². The third-order valence-electron chi connectivity index (χ3n) is 2.55. The first kappa shape index (κ1) is 13.5. The van der Waals surface area contributed by atoms with Gasteiger partial charge >= 0.3 is 0 Å². The fraction of sp³-hybridized carbons (Fsp3) is 0.455. The van der Waals surface area contributed by atoms with Crippen molar-refractivity contribution < 1.29 is 0 Å². The Labute approximate surface area is 115 Å². The van der Waals surface area contributed by atoms with Crippen LogP contribution >= 0.6 is 11.6 Å². The van der Waals surface area contributed by atoms with E-state index in [-0.39, 0.29) is 10.6 Å². The fourth-order valence-electron chi connectivity index (χ4n) is 1.62. The number of aromatic nitrogens is 5. The molecule has 7 nitrogen and oxygen atoms in total. The lowest BCUT2D eigenvalue weighted by atomic mass is 10.4. The Bertz CT molecular complexity index is 579. The number of halogens is 1. The number of rotatable bonds is 6. The average Bonchev–Trinajstić information content (AvgIpc) is 2.91. The summed E-state index contributed by atoms with van der Waals surface area (Å²) in [6, 6.07) is 0. The fourth-order valence-corrected chi connectivity index (χ4v) is 1.83. The molecule has 0 aliphatic carbocycles. The Balaban J connectivity index is 2.01. The highest BCUT2D eigenvalue weighted by atomic mass is 35.5. The lowest BCUT2D eigenvalue weighted by molar-refractivity contribution is 0.567. The van der Waals surface area contributed by atoms with Gasteiger partial charge in [-0.2, -0.15) is 5.10 Å². The van der Waals surface area contributed by atoms with Crippen molar-refractivity contribution in [3.63, 3.8) is 0 Å². The van der Waals surface area contributed by atoms with Crippen LogP contribution in [-0.2, 0) is 13.1 Å². The van der Waals surface area contributed by atoms with Gasteiger partial charge in [-0.1, -0.05) is 23.7 Å². The minimum atomic E-state index is -0.269. The summed E-state index contributed by atoms with van der Waals surface area (Å²) < 4.78 is 3.05. The summed E-state index contributed by atoms with van der Waals surface area (Å²) >= 11 is 6.02. The molecule has 2 rings (SSSR count). The van der Waals surface area contributed by atoms with Crippen LogP contribution in [0.15, 0.2) is 23.4 Å². The molecule has 0 saturated heterocycles. The van der Waals surface area contributed by atoms with Gasteiger partial charge in [0.25, 0.3) is 5.56 Å². The first-order valence-electron chi connectivity index (χ1n) is 6.06. The molecule has 0 amide bonds. The topological polar surface area (TPSA) is 77.6 Å². The van der Waals surface area contributed by atoms with Crippen molar-refractivity contribution in [2.75, 3.05) is 11.9 Å². The van der Waals surface area contributed by atoms with Gasteiger partial charge in [-0.05, 0) is 6.42 Å². The van der Waals surface area contributed by atoms with Crippen LogP contribution in [0.25, 0.3) is 0 Å². The average molecular weight is 283 g/mol. The molecule has 0 aliphatic rings. The van der Waals surface area contributed by atoms with Crippen molar-refractivity contribution in [3.8, 4) is 0 Å². The van der Waals surface area contributed by atoms with Crippen LogP contribution in [0.3, 0.4) is 0 Å². The lowest BCUT2D eigenvalue weighted by Crippen LogP contribution is -2.24. The number of anilines is 1. The summed E-state index contributed by atoms with van der Waals surface area (Å²) in [6.07, 6.45) is 5.78. The molecule has 8 heteroatoms. The zero-order chi connectivity index (χ0) is 13.7. The monoisotopic (exact) mass is 282 g/mol. The molecular formula is C11H15ClN6O. The predicted octanol–water partition coefficient (Wildman–Crippen LogP) is 1.01. The van der Waals surface area contributed by atoms with E-state index in [1.54, 1.807) is 23.3 Å². The van der Waals surface area contributed by atoms with Crippen molar-refractivity contribution in [2.45, 2.75) is 26.4 Å². The van der Waals surface area contributed by atoms with Crippen LogP contribution in [0.4, 0.5) is 5.69 Å². The molecule has 2 aromatic heterocycles. The van der Waals surface area contributed by atoms with Crippen molar-refractivity contribution in [1.29, 1.82) is 0 Å². The molecule has 19 heavy (non-hydrogen) atoms. The van der Waals surface area contributed by atoms with Crippen LogP contribution < -0.4 is 10.9 Å². The zero-order valence-corrected chi connectivity index (χ0v) is 11.3. The third kappa shape index (κ3) is 3.31. The molecule has 0 atom stereocenters. The number of aryl methyl sites for hydroxylation is 1. The summed E-state index contributed by atoms with van der Waals surface area (Å²) in [5.41, 5.74) is 0.272. The van der Waals surface area contributed by atoms with E-state index in [9.17, 15) is 4.79 Å². The van der Waals surface area contributed by atoms with Gasteiger partial charge in [0.2, 0.25) is 0 Å². The minimum Gasteiger partial charge on any atom is -0.381 e. The van der Waals surface area contributed by atoms with E-state index in [1.165, 1.54) is 4.68 Å². The molecule has 0 unspecified atom stereocenters. The Kier molecular flexibility index (Phi) is 4.51. The Morgan fingerprint density at radius 3 is 2.95 bits per heavy atom. The van der Waals surface area contributed by atoms with Crippen LogP contribution in [0, 0.1) is 0 Å². The summed E-state index contributed by atoms with van der Waals surface area (Å²) in [5, 5.41) is 14.8. The maximum absolute atomic E-state index is 11.9. The van der Waals surface area contributed by atoms with Gasteiger partial charge in [0.1, 0.15) is 5.02 Å². The van der Waals surface area contributed by atoms with E-state index in [4.69, 9.17) is 11.6 Å². The minimum absolute atomic E-state index is 0.169. The molecule has 0 spiro atoms. The normalized spacial score (nSPS) is 10.6. The summed E-state index contributed by atoms with van der Waals surface area (Å²) in [6.45, 7) is 3.76. The zero-order valence-electron chi connectivity index (χ0n) is 10.6. The highest BCUT2D eigenvalue weighted by Crippen LogP contribution is 2.14. The second-order valence-corrected chi connectivity index (χ2v) is 4.37. The molecule has 0 bridgehead atoms. The number of nitrogens with one attached hydrogen (secondary N) is 1. The van der Waals surface area contributed by atoms with Crippen LogP contribution in [0.1, 0.15) is 13.3 Å². The Morgan fingerprint density at radius 1 is 1.42 bits per heavy atom. The van der Waals surface area contributed by atoms with Gasteiger partial charge in [-0.15, -0.1) is 5.10 Å². The predicted molar refractivity (Wildman–Crippen MR) is 72.3 cm³/mol. The van der Waals surface area contributed by atoms with E-state index in [0.717, 1.165) is 6.42 Å². The second-order valence-electron chi connectivity index (χ2n) is 3.99. The largest absolute Gasteiger partial charge is 0.381 e. The molecular weight excluding hydrogens is 268 g/mol. The van der Waals surface area contributed by atoms with E-state index in [1.807, 2.05) is 6.92 Å². The molecule has 0 radical (unpaired) electrons. The first-order valence-corrected chi connectivity index (χ1v) is 6.43. The van der Waals surface area contributed by atoms with Gasteiger partial charge in [0, 0.05) is 19.3 Å². The standard InChI is InChI=1S/C11H15ClN6O/c1-2-5-18-11(19)10(12)9(8-15-18)13-3-6-17-7-4-14-16-17/h4,7-8,13H,2-3,5-6H2,1H3. The second kappa shape index (κ2) is 6.33. The number of hydrogen-bond donors (Lipinski definition) is 1. The quantitative estimate of drug-likeness (QED) is 0.855. The third-order valence-corrected chi connectivity index (χ3v) is 2.91. The highest BCUT2D eigenvalue weighted by Gasteiger charge is 2.08. The Hall–Kier alpha value is -1.89. The lowest BCUT2D eigenvalue weighted by Gasteiger charge is -2.09. The molecule has 0 fully saturated rings. The van der Waals surface area contributed by atoms with E-state index < -0.39 is 0 Å².